The largest absolute Gasteiger partial charge is 0.484 e. The minimum Gasteiger partial charge on any atom is -0.484 e. The van der Waals surface area contributed by atoms with E-state index in [-0.39, 0.29) is 23.5 Å². The van der Waals surface area contributed by atoms with Crippen LogP contribution in [0.1, 0.15) is 37.8 Å². The van der Waals surface area contributed by atoms with Crippen molar-refractivity contribution in [1.29, 1.82) is 0 Å². The topological polar surface area (TPSA) is 75.7 Å². The van der Waals surface area contributed by atoms with Crippen molar-refractivity contribution in [2.75, 3.05) is 18.0 Å². The highest BCUT2D eigenvalue weighted by Crippen LogP contribution is 2.25. The van der Waals surface area contributed by atoms with Gasteiger partial charge in [0.2, 0.25) is 0 Å². The minimum atomic E-state index is -3.66. The van der Waals surface area contributed by atoms with Gasteiger partial charge in [0.1, 0.15) is 5.75 Å². The van der Waals surface area contributed by atoms with Gasteiger partial charge in [0.05, 0.1) is 10.6 Å². The van der Waals surface area contributed by atoms with Crippen LogP contribution in [0.2, 0.25) is 0 Å². The number of nitrogens with one attached hydrogen (secondary N) is 1. The molecule has 7 heteroatoms. The average molecular weight is 419 g/mol. The van der Waals surface area contributed by atoms with Gasteiger partial charge >= 0.3 is 0 Å². The van der Waals surface area contributed by atoms with Crippen LogP contribution in [0.5, 0.6) is 5.75 Å². The lowest BCUT2D eigenvalue weighted by Gasteiger charge is -2.20. The fourth-order valence-electron chi connectivity index (χ4n) is 2.83. The average Bonchev–Trinajstić information content (AvgIpc) is 2.72. The molecule has 29 heavy (non-hydrogen) atoms. The molecule has 2 aromatic carbocycles. The first-order valence-electron chi connectivity index (χ1n) is 9.77. The van der Waals surface area contributed by atoms with Crippen LogP contribution < -0.4 is 14.4 Å². The molecule has 0 bridgehead atoms. The number of hydrogen-bond donors (Lipinski definition) is 1. The maximum absolute atomic E-state index is 12.9. The van der Waals surface area contributed by atoms with E-state index in [1.165, 1.54) is 11.4 Å². The SMILES string of the molecule is CCC(CC)NC(=O)COc1ccc(N(C)S(=O)(=O)c2ccc(C)c(C)c2)cc1. The predicted octanol–water partition coefficient (Wildman–Crippen LogP) is 3.81. The Balaban J connectivity index is 2.05. The summed E-state index contributed by atoms with van der Waals surface area (Å²) in [6.07, 6.45) is 1.75. The zero-order chi connectivity index (χ0) is 21.6. The zero-order valence-corrected chi connectivity index (χ0v) is 18.5. The lowest BCUT2D eigenvalue weighted by atomic mass is 10.1. The summed E-state index contributed by atoms with van der Waals surface area (Å²) in [6, 6.07) is 11.9. The van der Waals surface area contributed by atoms with Crippen LogP contribution in [-0.2, 0) is 14.8 Å². The molecule has 0 radical (unpaired) electrons. The Morgan fingerprint density at radius 3 is 2.21 bits per heavy atom. The third-order valence-electron chi connectivity index (χ3n) is 5.06. The predicted molar refractivity (Wildman–Crippen MR) is 116 cm³/mol. The number of carbonyl (C=O) groups excluding carboxylic acids is 1. The van der Waals surface area contributed by atoms with Crippen LogP contribution >= 0.6 is 0 Å². The van der Waals surface area contributed by atoms with E-state index in [4.69, 9.17) is 4.74 Å². The fourth-order valence-corrected chi connectivity index (χ4v) is 4.12. The Morgan fingerprint density at radius 1 is 1.03 bits per heavy atom. The number of rotatable bonds is 9. The smallest absolute Gasteiger partial charge is 0.264 e. The molecule has 0 aliphatic heterocycles. The van der Waals surface area contributed by atoms with Crippen molar-refractivity contribution < 1.29 is 17.9 Å². The van der Waals surface area contributed by atoms with Crippen molar-refractivity contribution in [3.05, 3.63) is 53.6 Å². The second-order valence-corrected chi connectivity index (χ2v) is 9.05. The molecule has 0 heterocycles. The van der Waals surface area contributed by atoms with Crippen LogP contribution in [0.4, 0.5) is 5.69 Å². The summed E-state index contributed by atoms with van der Waals surface area (Å²) in [5.74, 6) is 0.336. The molecule has 0 aromatic heterocycles. The van der Waals surface area contributed by atoms with Crippen LogP contribution in [0, 0.1) is 13.8 Å². The zero-order valence-electron chi connectivity index (χ0n) is 17.7. The molecule has 0 fully saturated rings. The number of anilines is 1. The summed E-state index contributed by atoms with van der Waals surface area (Å²) >= 11 is 0. The second kappa shape index (κ2) is 9.78. The van der Waals surface area contributed by atoms with E-state index in [1.54, 1.807) is 42.5 Å². The highest BCUT2D eigenvalue weighted by molar-refractivity contribution is 7.92. The molecule has 2 rings (SSSR count). The van der Waals surface area contributed by atoms with Gasteiger partial charge in [-0.1, -0.05) is 19.9 Å². The molecule has 0 atom stereocenters. The normalized spacial score (nSPS) is 11.4. The van der Waals surface area contributed by atoms with Crippen molar-refractivity contribution in [3.8, 4) is 5.75 Å². The van der Waals surface area contributed by atoms with Gasteiger partial charge in [-0.25, -0.2) is 8.42 Å². The third kappa shape index (κ3) is 5.73. The molecule has 6 nitrogen and oxygen atoms in total. The molecule has 0 aliphatic carbocycles. The molecular formula is C22H30N2O4S. The number of sulfonamides is 1. The van der Waals surface area contributed by atoms with Gasteiger partial charge in [-0.05, 0) is 74.2 Å². The maximum atomic E-state index is 12.9. The number of carbonyl (C=O) groups is 1. The van der Waals surface area contributed by atoms with E-state index in [0.717, 1.165) is 24.0 Å². The second-order valence-electron chi connectivity index (χ2n) is 7.08. The highest BCUT2D eigenvalue weighted by atomic mass is 32.2. The number of hydrogen-bond acceptors (Lipinski definition) is 4. The maximum Gasteiger partial charge on any atom is 0.264 e. The van der Waals surface area contributed by atoms with Crippen molar-refractivity contribution in [2.45, 2.75) is 51.5 Å². The lowest BCUT2D eigenvalue weighted by molar-refractivity contribution is -0.123. The van der Waals surface area contributed by atoms with Crippen molar-refractivity contribution in [3.63, 3.8) is 0 Å². The first-order valence-corrected chi connectivity index (χ1v) is 11.2. The van der Waals surface area contributed by atoms with Gasteiger partial charge in [0.25, 0.3) is 15.9 Å². The summed E-state index contributed by atoms with van der Waals surface area (Å²) < 4.78 is 32.5. The van der Waals surface area contributed by atoms with Crippen molar-refractivity contribution in [2.24, 2.45) is 0 Å². The van der Waals surface area contributed by atoms with Crippen molar-refractivity contribution >= 4 is 21.6 Å². The Bertz CT molecular complexity index is 936. The summed E-state index contributed by atoms with van der Waals surface area (Å²) in [5.41, 5.74) is 2.48. The van der Waals surface area contributed by atoms with E-state index in [1.807, 2.05) is 27.7 Å². The monoisotopic (exact) mass is 418 g/mol. The van der Waals surface area contributed by atoms with Gasteiger partial charge in [-0.3, -0.25) is 9.10 Å². The number of ether oxygens (including phenoxy) is 1. The van der Waals surface area contributed by atoms with Gasteiger partial charge < -0.3 is 10.1 Å². The van der Waals surface area contributed by atoms with E-state index in [2.05, 4.69) is 5.32 Å². The Kier molecular flexibility index (Phi) is 7.67. The Labute approximate surface area is 173 Å². The van der Waals surface area contributed by atoms with E-state index >= 15 is 0 Å². The number of benzene rings is 2. The minimum absolute atomic E-state index is 0.0768. The van der Waals surface area contributed by atoms with E-state index in [0.29, 0.717) is 11.4 Å². The molecular weight excluding hydrogens is 388 g/mol. The standard InChI is InChI=1S/C22H30N2O4S/c1-6-18(7-2)23-22(25)15-28-20-11-9-19(10-12-20)24(5)29(26,27)21-13-8-16(3)17(4)14-21/h8-14,18H,6-7,15H2,1-5H3,(H,23,25). The molecule has 2 aromatic rings. The Hall–Kier alpha value is -2.54. The first kappa shape index (κ1) is 22.7. The Morgan fingerprint density at radius 2 is 1.66 bits per heavy atom. The fraction of sp³-hybridized carbons (Fsp3) is 0.409. The number of aryl methyl sites for hydroxylation is 2. The molecule has 158 valence electrons. The van der Waals surface area contributed by atoms with E-state index < -0.39 is 10.0 Å². The van der Waals surface area contributed by atoms with E-state index in [9.17, 15) is 13.2 Å². The molecule has 0 aliphatic rings. The first-order chi connectivity index (χ1) is 13.7. The highest BCUT2D eigenvalue weighted by Gasteiger charge is 2.21. The van der Waals surface area contributed by atoms with Gasteiger partial charge in [-0.15, -0.1) is 0 Å². The van der Waals surface area contributed by atoms with Crippen LogP contribution in [0.3, 0.4) is 0 Å². The summed E-state index contributed by atoms with van der Waals surface area (Å²) in [6.45, 7) is 7.80. The number of amides is 1. The van der Waals surface area contributed by atoms with Gasteiger partial charge in [-0.2, -0.15) is 0 Å². The van der Waals surface area contributed by atoms with Crippen molar-refractivity contribution in [1.82, 2.24) is 5.32 Å². The van der Waals surface area contributed by atoms with Gasteiger partial charge in [0, 0.05) is 13.1 Å². The molecule has 1 N–H and O–H groups in total. The quantitative estimate of drug-likeness (QED) is 0.672. The third-order valence-corrected chi connectivity index (χ3v) is 6.84. The molecule has 0 spiro atoms. The summed E-state index contributed by atoms with van der Waals surface area (Å²) in [4.78, 5) is 12.2. The van der Waals surface area contributed by atoms with Crippen LogP contribution in [0.25, 0.3) is 0 Å². The lowest BCUT2D eigenvalue weighted by Crippen LogP contribution is -2.37. The summed E-state index contributed by atoms with van der Waals surface area (Å²) in [5, 5.41) is 2.91. The molecule has 0 saturated carbocycles. The summed E-state index contributed by atoms with van der Waals surface area (Å²) in [7, 11) is -2.14. The molecule has 0 saturated heterocycles. The molecule has 0 unspecified atom stereocenters. The van der Waals surface area contributed by atoms with Crippen LogP contribution in [0.15, 0.2) is 47.4 Å². The van der Waals surface area contributed by atoms with Gasteiger partial charge in [0.15, 0.2) is 6.61 Å². The number of nitrogens with zero attached hydrogens (tertiary/aromatic N) is 1. The van der Waals surface area contributed by atoms with Crippen LogP contribution in [-0.4, -0.2) is 34.0 Å². The molecule has 1 amide bonds.